The Labute approximate surface area is 108 Å². The molecular weight excluding hydrogens is 230 g/mol. The Morgan fingerprint density at radius 1 is 1.11 bits per heavy atom. The predicted molar refractivity (Wildman–Crippen MR) is 72.2 cm³/mol. The minimum absolute atomic E-state index is 0.345. The van der Waals surface area contributed by atoms with Crippen LogP contribution in [0.3, 0.4) is 0 Å². The first-order valence-corrected chi connectivity index (χ1v) is 6.10. The lowest BCUT2D eigenvalue weighted by molar-refractivity contribution is -0.131. The predicted octanol–water partition coefficient (Wildman–Crippen LogP) is 2.91. The minimum Gasteiger partial charge on any atom is -0.491 e. The first-order chi connectivity index (χ1) is 8.40. The molecule has 0 fully saturated rings. The summed E-state index contributed by atoms with van der Waals surface area (Å²) in [4.78, 5) is 11.1. The normalized spacial score (nSPS) is 10.3. The maximum atomic E-state index is 11.1. The molecule has 0 saturated heterocycles. The van der Waals surface area contributed by atoms with Crippen molar-refractivity contribution in [3.63, 3.8) is 0 Å². The average molecular weight is 251 g/mol. The molecule has 4 heteroatoms. The van der Waals surface area contributed by atoms with Gasteiger partial charge in [-0.05, 0) is 38.3 Å². The third-order valence-electron chi connectivity index (χ3n) is 2.93. The van der Waals surface area contributed by atoms with Crippen LogP contribution in [-0.2, 0) is 4.79 Å². The van der Waals surface area contributed by atoms with Crippen LogP contribution in [-0.4, -0.2) is 12.6 Å². The summed E-state index contributed by atoms with van der Waals surface area (Å²) in [5.41, 5.74) is 9.16. The average Bonchev–Trinajstić information content (AvgIpc) is 2.32. The molecule has 0 amide bonds. The first-order valence-electron chi connectivity index (χ1n) is 6.10. The molecule has 0 bridgehead atoms. The van der Waals surface area contributed by atoms with Gasteiger partial charge in [0.15, 0.2) is 0 Å². The Morgan fingerprint density at radius 2 is 1.67 bits per heavy atom. The summed E-state index contributed by atoms with van der Waals surface area (Å²) in [7, 11) is 0. The fraction of sp³-hybridized carbons (Fsp3) is 0.500. The van der Waals surface area contributed by atoms with Gasteiger partial charge in [0.1, 0.15) is 11.5 Å². The van der Waals surface area contributed by atoms with E-state index < -0.39 is 0 Å². The zero-order valence-electron chi connectivity index (χ0n) is 11.7. The Hall–Kier alpha value is -1.71. The third-order valence-corrected chi connectivity index (χ3v) is 2.93. The van der Waals surface area contributed by atoms with E-state index in [-0.39, 0.29) is 5.97 Å². The molecular formula is C14H21NO3. The summed E-state index contributed by atoms with van der Waals surface area (Å²) in [6, 6.07) is 0. The van der Waals surface area contributed by atoms with Crippen LogP contribution in [0.4, 0.5) is 5.69 Å². The standard InChI is InChI=1S/C14H21NO3/c1-6-7-17-14-9(3)8(2)13(18-11(5)16)10(4)12(14)15/h6-7,15H2,1-5H3. The molecule has 0 aliphatic rings. The third kappa shape index (κ3) is 2.75. The number of carbonyl (C=O) groups excluding carboxylic acids is 1. The smallest absolute Gasteiger partial charge is 0.308 e. The Balaban J connectivity index is 3.31. The lowest BCUT2D eigenvalue weighted by Gasteiger charge is -2.19. The maximum absolute atomic E-state index is 11.1. The van der Waals surface area contributed by atoms with Crippen LogP contribution in [0.15, 0.2) is 0 Å². The van der Waals surface area contributed by atoms with Gasteiger partial charge >= 0.3 is 5.97 Å². The Morgan fingerprint density at radius 3 is 2.17 bits per heavy atom. The summed E-state index contributed by atoms with van der Waals surface area (Å²) < 4.78 is 10.9. The number of benzene rings is 1. The molecule has 0 spiro atoms. The van der Waals surface area contributed by atoms with Crippen molar-refractivity contribution in [1.29, 1.82) is 0 Å². The first kappa shape index (κ1) is 14.4. The van der Waals surface area contributed by atoms with Gasteiger partial charge in [0.25, 0.3) is 0 Å². The number of ether oxygens (including phenoxy) is 2. The van der Waals surface area contributed by atoms with Gasteiger partial charge in [0, 0.05) is 12.5 Å². The van der Waals surface area contributed by atoms with E-state index >= 15 is 0 Å². The van der Waals surface area contributed by atoms with Gasteiger partial charge in [-0.2, -0.15) is 0 Å². The number of rotatable bonds is 4. The van der Waals surface area contributed by atoms with Crippen LogP contribution in [0.1, 0.15) is 37.0 Å². The highest BCUT2D eigenvalue weighted by atomic mass is 16.5. The molecule has 0 aliphatic heterocycles. The molecule has 1 rings (SSSR count). The molecule has 18 heavy (non-hydrogen) atoms. The Bertz CT molecular complexity index is 438. The van der Waals surface area contributed by atoms with E-state index in [2.05, 4.69) is 0 Å². The van der Waals surface area contributed by atoms with E-state index in [0.29, 0.717) is 23.8 Å². The molecule has 4 nitrogen and oxygen atoms in total. The van der Waals surface area contributed by atoms with Crippen LogP contribution in [0, 0.1) is 20.8 Å². The molecule has 0 heterocycles. The van der Waals surface area contributed by atoms with Crippen molar-refractivity contribution in [2.24, 2.45) is 0 Å². The summed E-state index contributed by atoms with van der Waals surface area (Å²) in [6.45, 7) is 9.70. The molecule has 0 saturated carbocycles. The van der Waals surface area contributed by atoms with Crippen molar-refractivity contribution in [2.75, 3.05) is 12.3 Å². The molecule has 0 radical (unpaired) electrons. The molecule has 1 aromatic rings. The largest absolute Gasteiger partial charge is 0.491 e. The van der Waals surface area contributed by atoms with E-state index in [1.165, 1.54) is 6.92 Å². The minimum atomic E-state index is -0.345. The van der Waals surface area contributed by atoms with Crippen molar-refractivity contribution < 1.29 is 14.3 Å². The van der Waals surface area contributed by atoms with Gasteiger partial charge < -0.3 is 15.2 Å². The fourth-order valence-electron chi connectivity index (χ4n) is 1.80. The number of esters is 1. The van der Waals surface area contributed by atoms with Crippen molar-refractivity contribution in [3.05, 3.63) is 16.7 Å². The molecule has 0 aliphatic carbocycles. The molecule has 0 aromatic heterocycles. The van der Waals surface area contributed by atoms with Gasteiger partial charge in [-0.1, -0.05) is 6.92 Å². The van der Waals surface area contributed by atoms with E-state index in [4.69, 9.17) is 15.2 Å². The number of anilines is 1. The number of carbonyl (C=O) groups is 1. The van der Waals surface area contributed by atoms with Crippen LogP contribution in [0.2, 0.25) is 0 Å². The van der Waals surface area contributed by atoms with Gasteiger partial charge in [0.05, 0.1) is 12.3 Å². The monoisotopic (exact) mass is 251 g/mol. The van der Waals surface area contributed by atoms with Gasteiger partial charge in [-0.3, -0.25) is 4.79 Å². The molecule has 0 atom stereocenters. The lowest BCUT2D eigenvalue weighted by atomic mass is 10.0. The molecule has 0 unspecified atom stereocenters. The van der Waals surface area contributed by atoms with E-state index in [9.17, 15) is 4.79 Å². The number of nitrogen functional groups attached to an aromatic ring is 1. The van der Waals surface area contributed by atoms with Crippen LogP contribution in [0.5, 0.6) is 11.5 Å². The van der Waals surface area contributed by atoms with Crippen molar-refractivity contribution in [3.8, 4) is 11.5 Å². The molecule has 100 valence electrons. The zero-order valence-corrected chi connectivity index (χ0v) is 11.7. The van der Waals surface area contributed by atoms with E-state index in [1.54, 1.807) is 0 Å². The highest BCUT2D eigenvalue weighted by Gasteiger charge is 2.18. The van der Waals surface area contributed by atoms with Gasteiger partial charge in [-0.15, -0.1) is 0 Å². The quantitative estimate of drug-likeness (QED) is 0.508. The summed E-state index contributed by atoms with van der Waals surface area (Å²) in [5, 5.41) is 0. The number of hydrogen-bond acceptors (Lipinski definition) is 4. The van der Waals surface area contributed by atoms with Gasteiger partial charge in [-0.25, -0.2) is 0 Å². The SMILES string of the molecule is CCCOc1c(C)c(C)c(OC(C)=O)c(C)c1N. The number of hydrogen-bond donors (Lipinski definition) is 1. The maximum Gasteiger partial charge on any atom is 0.308 e. The lowest BCUT2D eigenvalue weighted by Crippen LogP contribution is -2.10. The van der Waals surface area contributed by atoms with E-state index in [1.807, 2.05) is 27.7 Å². The highest BCUT2D eigenvalue weighted by molar-refractivity contribution is 5.75. The second-order valence-electron chi connectivity index (χ2n) is 4.39. The van der Waals surface area contributed by atoms with Crippen molar-refractivity contribution >= 4 is 11.7 Å². The Kier molecular flexibility index (Phi) is 4.59. The molecule has 1 aromatic carbocycles. The van der Waals surface area contributed by atoms with Crippen molar-refractivity contribution in [1.82, 2.24) is 0 Å². The van der Waals surface area contributed by atoms with Crippen LogP contribution in [0.25, 0.3) is 0 Å². The summed E-state index contributed by atoms with van der Waals surface area (Å²) in [5.74, 6) is 0.895. The fourth-order valence-corrected chi connectivity index (χ4v) is 1.80. The number of nitrogens with two attached hydrogens (primary N) is 1. The van der Waals surface area contributed by atoms with Crippen LogP contribution >= 0.6 is 0 Å². The summed E-state index contributed by atoms with van der Waals surface area (Å²) >= 11 is 0. The van der Waals surface area contributed by atoms with Crippen LogP contribution < -0.4 is 15.2 Å². The summed E-state index contributed by atoms with van der Waals surface area (Å²) in [6.07, 6.45) is 0.919. The topological polar surface area (TPSA) is 61.5 Å². The highest BCUT2D eigenvalue weighted by Crippen LogP contribution is 2.39. The zero-order chi connectivity index (χ0) is 13.9. The van der Waals surface area contributed by atoms with E-state index in [0.717, 1.165) is 23.1 Å². The molecule has 2 N–H and O–H groups in total. The van der Waals surface area contributed by atoms with Gasteiger partial charge in [0.2, 0.25) is 0 Å². The van der Waals surface area contributed by atoms with Crippen molar-refractivity contribution in [2.45, 2.75) is 41.0 Å². The second-order valence-corrected chi connectivity index (χ2v) is 4.39. The second kappa shape index (κ2) is 5.76.